The Hall–Kier alpha value is -3.62. The molecule has 0 heterocycles. The molecule has 4 aromatic rings. The lowest BCUT2D eigenvalue weighted by Crippen LogP contribution is -2.46. The molecule has 0 aliphatic heterocycles. The maximum absolute atomic E-state index is 14.0. The van der Waals surface area contributed by atoms with E-state index in [0.717, 1.165) is 41.0 Å². The van der Waals surface area contributed by atoms with E-state index >= 15 is 0 Å². The van der Waals surface area contributed by atoms with Gasteiger partial charge in [0, 0.05) is 5.75 Å². The second-order valence-electron chi connectivity index (χ2n) is 8.67. The molecule has 0 aliphatic rings. The van der Waals surface area contributed by atoms with Gasteiger partial charge in [-0.2, -0.15) is 13.2 Å². The van der Waals surface area contributed by atoms with Gasteiger partial charge in [0.05, 0.1) is 4.75 Å². The Kier molecular flexibility index (Phi) is 8.54. The number of nitrogens with one attached hydrogen (secondary N) is 1. The fourth-order valence-corrected chi connectivity index (χ4v) is 5.97. The van der Waals surface area contributed by atoms with Crippen LogP contribution in [0.1, 0.15) is 28.3 Å². The Bertz CT molecular complexity index is 1220. The van der Waals surface area contributed by atoms with Gasteiger partial charge in [-0.25, -0.2) is 4.39 Å². The molecule has 196 valence electrons. The molecule has 0 aliphatic carbocycles. The summed E-state index contributed by atoms with van der Waals surface area (Å²) >= 11 is 1.24. The van der Waals surface area contributed by atoms with E-state index < -0.39 is 34.8 Å². The summed E-state index contributed by atoms with van der Waals surface area (Å²) in [6, 6.07) is 28.4. The standard InChI is InChI=1S/C30H25F4NO2S/c31-25-18-16-21(17-19-25)27(30(32,33)34)35-26(28(36)37)20-38-29(22-10-4-1-5-11-22,23-12-6-2-7-13-23)24-14-8-3-9-15-24/h1-19,26-27,35H,20H2,(H,36,37)/t26-,27?/m0/s1. The van der Waals surface area contributed by atoms with Gasteiger partial charge in [0.15, 0.2) is 0 Å². The number of thioether (sulfide) groups is 1. The van der Waals surface area contributed by atoms with E-state index in [0.29, 0.717) is 0 Å². The number of aliphatic carboxylic acids is 1. The lowest BCUT2D eigenvalue weighted by Gasteiger charge is -2.36. The minimum absolute atomic E-state index is 0.193. The maximum atomic E-state index is 14.0. The average Bonchev–Trinajstić information content (AvgIpc) is 2.92. The highest BCUT2D eigenvalue weighted by Gasteiger charge is 2.44. The van der Waals surface area contributed by atoms with Gasteiger partial charge in [0.1, 0.15) is 17.9 Å². The van der Waals surface area contributed by atoms with E-state index in [1.807, 2.05) is 91.0 Å². The monoisotopic (exact) mass is 539 g/mol. The first kappa shape index (κ1) is 27.4. The molecule has 2 atom stereocenters. The van der Waals surface area contributed by atoms with Crippen molar-refractivity contribution in [2.45, 2.75) is 23.0 Å². The summed E-state index contributed by atoms with van der Waals surface area (Å²) < 4.78 is 54.6. The Morgan fingerprint density at radius 2 is 1.16 bits per heavy atom. The minimum atomic E-state index is -4.80. The van der Waals surface area contributed by atoms with Crippen molar-refractivity contribution in [2.75, 3.05) is 5.75 Å². The molecule has 0 aromatic heterocycles. The summed E-state index contributed by atoms with van der Waals surface area (Å²) in [5.41, 5.74) is 2.31. The van der Waals surface area contributed by atoms with Crippen LogP contribution in [0.3, 0.4) is 0 Å². The van der Waals surface area contributed by atoms with Gasteiger partial charge in [-0.05, 0) is 34.4 Å². The number of carboxylic acid groups (broad SMARTS) is 1. The first-order valence-electron chi connectivity index (χ1n) is 11.8. The second-order valence-corrected chi connectivity index (χ2v) is 9.91. The fraction of sp³-hybridized carbons (Fsp3) is 0.167. The normalized spacial score (nSPS) is 13.6. The van der Waals surface area contributed by atoms with Crippen LogP contribution in [0, 0.1) is 5.82 Å². The molecule has 38 heavy (non-hydrogen) atoms. The van der Waals surface area contributed by atoms with E-state index in [1.54, 1.807) is 0 Å². The molecule has 4 aromatic carbocycles. The molecule has 0 saturated heterocycles. The predicted molar refractivity (Wildman–Crippen MR) is 141 cm³/mol. The third kappa shape index (κ3) is 6.09. The maximum Gasteiger partial charge on any atom is 0.407 e. The number of halogens is 4. The summed E-state index contributed by atoms with van der Waals surface area (Å²) in [5, 5.41) is 12.3. The van der Waals surface area contributed by atoms with Crippen LogP contribution in [0.5, 0.6) is 0 Å². The highest BCUT2D eigenvalue weighted by atomic mass is 32.2. The molecule has 3 nitrogen and oxygen atoms in total. The molecule has 0 bridgehead atoms. The summed E-state index contributed by atoms with van der Waals surface area (Å²) in [7, 11) is 0. The molecule has 0 spiro atoms. The van der Waals surface area contributed by atoms with Crippen LogP contribution in [0.2, 0.25) is 0 Å². The van der Waals surface area contributed by atoms with E-state index in [1.165, 1.54) is 11.8 Å². The van der Waals surface area contributed by atoms with E-state index in [9.17, 15) is 27.5 Å². The highest BCUT2D eigenvalue weighted by molar-refractivity contribution is 8.00. The van der Waals surface area contributed by atoms with Crippen LogP contribution in [-0.2, 0) is 9.54 Å². The quantitative estimate of drug-likeness (QED) is 0.165. The average molecular weight is 540 g/mol. The van der Waals surface area contributed by atoms with Crippen molar-refractivity contribution in [1.82, 2.24) is 5.32 Å². The van der Waals surface area contributed by atoms with Crippen molar-refractivity contribution in [1.29, 1.82) is 0 Å². The van der Waals surface area contributed by atoms with Gasteiger partial charge in [-0.1, -0.05) is 103 Å². The molecule has 0 radical (unpaired) electrons. The van der Waals surface area contributed by atoms with Crippen molar-refractivity contribution in [3.05, 3.63) is 143 Å². The fourth-order valence-electron chi connectivity index (χ4n) is 4.40. The Morgan fingerprint density at radius 3 is 1.53 bits per heavy atom. The molecule has 8 heteroatoms. The first-order valence-corrected chi connectivity index (χ1v) is 12.8. The molecular formula is C30H25F4NO2S. The van der Waals surface area contributed by atoms with Crippen LogP contribution < -0.4 is 5.32 Å². The molecule has 4 rings (SSSR count). The number of alkyl halides is 3. The summed E-state index contributed by atoms with van der Waals surface area (Å²) in [6.45, 7) is 0. The summed E-state index contributed by atoms with van der Waals surface area (Å²) in [5.74, 6) is -2.29. The van der Waals surface area contributed by atoms with E-state index in [4.69, 9.17) is 0 Å². The Labute approximate surface area is 222 Å². The lowest BCUT2D eigenvalue weighted by atomic mass is 9.84. The van der Waals surface area contributed by atoms with Gasteiger partial charge in [0.25, 0.3) is 0 Å². The number of benzene rings is 4. The van der Waals surface area contributed by atoms with E-state index in [-0.39, 0.29) is 11.3 Å². The van der Waals surface area contributed by atoms with Crippen LogP contribution in [-0.4, -0.2) is 29.0 Å². The van der Waals surface area contributed by atoms with Gasteiger partial charge >= 0.3 is 12.1 Å². The second kappa shape index (κ2) is 11.8. The largest absolute Gasteiger partial charge is 0.480 e. The van der Waals surface area contributed by atoms with Crippen LogP contribution in [0.25, 0.3) is 0 Å². The smallest absolute Gasteiger partial charge is 0.407 e. The number of carboxylic acids is 1. The molecular weight excluding hydrogens is 514 g/mol. The zero-order chi connectivity index (χ0) is 27.2. The van der Waals surface area contributed by atoms with Crippen molar-refractivity contribution in [3.63, 3.8) is 0 Å². The zero-order valence-electron chi connectivity index (χ0n) is 20.1. The third-order valence-corrected chi connectivity index (χ3v) is 7.84. The van der Waals surface area contributed by atoms with Gasteiger partial charge in [-0.15, -0.1) is 11.8 Å². The van der Waals surface area contributed by atoms with Crippen molar-refractivity contribution in [3.8, 4) is 0 Å². The number of hydrogen-bond acceptors (Lipinski definition) is 3. The number of rotatable bonds is 10. The number of hydrogen-bond donors (Lipinski definition) is 2. The Balaban J connectivity index is 1.75. The Morgan fingerprint density at radius 1 is 0.737 bits per heavy atom. The van der Waals surface area contributed by atoms with Gasteiger partial charge < -0.3 is 5.11 Å². The van der Waals surface area contributed by atoms with Gasteiger partial charge in [-0.3, -0.25) is 10.1 Å². The number of carbonyl (C=O) groups is 1. The molecule has 2 N–H and O–H groups in total. The van der Waals surface area contributed by atoms with Crippen molar-refractivity contribution >= 4 is 17.7 Å². The first-order chi connectivity index (χ1) is 18.2. The molecule has 0 amide bonds. The zero-order valence-corrected chi connectivity index (χ0v) is 20.9. The van der Waals surface area contributed by atoms with Crippen LogP contribution in [0.15, 0.2) is 115 Å². The molecule has 0 fully saturated rings. The van der Waals surface area contributed by atoms with Crippen LogP contribution >= 0.6 is 11.8 Å². The van der Waals surface area contributed by atoms with Crippen molar-refractivity contribution in [2.24, 2.45) is 0 Å². The summed E-state index contributed by atoms with van der Waals surface area (Å²) in [6.07, 6.45) is -4.80. The predicted octanol–water partition coefficient (Wildman–Crippen LogP) is 7.20. The summed E-state index contributed by atoms with van der Waals surface area (Å²) in [4.78, 5) is 12.3. The lowest BCUT2D eigenvalue weighted by molar-refractivity contribution is -0.162. The molecule has 1 unspecified atom stereocenters. The van der Waals surface area contributed by atoms with Crippen molar-refractivity contribution < 1.29 is 27.5 Å². The third-order valence-electron chi connectivity index (χ3n) is 6.20. The van der Waals surface area contributed by atoms with Crippen LogP contribution in [0.4, 0.5) is 17.6 Å². The topological polar surface area (TPSA) is 49.3 Å². The van der Waals surface area contributed by atoms with Gasteiger partial charge in [0.2, 0.25) is 0 Å². The van der Waals surface area contributed by atoms with E-state index in [2.05, 4.69) is 5.32 Å². The highest BCUT2D eigenvalue weighted by Crippen LogP contribution is 2.48. The minimum Gasteiger partial charge on any atom is -0.480 e. The SMILES string of the molecule is O=C(O)[C@H](CSC(c1ccccc1)(c1ccccc1)c1ccccc1)NC(c1ccc(F)cc1)C(F)(F)F. The molecule has 0 saturated carbocycles.